The Morgan fingerprint density at radius 2 is 1.86 bits per heavy atom. The molecule has 15 nitrogen and oxygen atoms in total. The topological polar surface area (TPSA) is 160 Å². The van der Waals surface area contributed by atoms with Gasteiger partial charge in [-0.2, -0.15) is 53.7 Å². The second-order valence-corrected chi connectivity index (χ2v) is 19.9. The van der Waals surface area contributed by atoms with Crippen LogP contribution in [0.15, 0.2) is 41.9 Å². The largest absolute Gasteiger partial charge is 0.464 e. The van der Waals surface area contributed by atoms with Crippen molar-refractivity contribution in [1.82, 2.24) is 40.1 Å². The highest BCUT2D eigenvalue weighted by molar-refractivity contribution is 7.59. The average Bonchev–Trinajstić information content (AvgIpc) is 3.85. The zero-order chi connectivity index (χ0) is 48.4. The molecule has 2 fully saturated rings. The van der Waals surface area contributed by atoms with E-state index in [1.54, 1.807) is 42.3 Å². The minimum absolute atomic E-state index is 0. The smallest absolute Gasteiger partial charge is 0.406 e. The molecule has 3 atom stereocenters. The van der Waals surface area contributed by atoms with Crippen LogP contribution in [0.4, 0.5) is 13.2 Å². The predicted molar refractivity (Wildman–Crippen MR) is 277 cm³/mol. The van der Waals surface area contributed by atoms with Gasteiger partial charge in [0.05, 0.1) is 53.1 Å². The number of carbonyl (C=O) groups excluding carboxylic acids is 4. The van der Waals surface area contributed by atoms with Crippen LogP contribution in [0.5, 0.6) is 0 Å². The summed E-state index contributed by atoms with van der Waals surface area (Å²) in [5.41, 5.74) is 5.24. The molecule has 384 valence electrons. The van der Waals surface area contributed by atoms with Crippen LogP contribution in [0.1, 0.15) is 76.3 Å². The number of alkyl halides is 3. The Morgan fingerprint density at radius 1 is 1.13 bits per heavy atom. The second-order valence-electron chi connectivity index (χ2n) is 18.9. The van der Waals surface area contributed by atoms with Gasteiger partial charge in [-0.1, -0.05) is 25.8 Å². The number of nitrogens with zero attached hydrogens (tertiary/aromatic N) is 6. The summed E-state index contributed by atoms with van der Waals surface area (Å²) in [7, 11) is 5.30. The number of hydrogen-bond donors (Lipinski definition) is 2. The molecule has 0 unspecified atom stereocenters. The van der Waals surface area contributed by atoms with Crippen molar-refractivity contribution >= 4 is 86.4 Å². The van der Waals surface area contributed by atoms with Gasteiger partial charge in [0.25, 0.3) is 11.8 Å². The lowest BCUT2D eigenvalue weighted by atomic mass is 9.84. The summed E-state index contributed by atoms with van der Waals surface area (Å²) in [6, 6.07) is 6.72. The molecule has 3 amide bonds. The molecule has 4 aromatic rings. The van der Waals surface area contributed by atoms with Gasteiger partial charge in [-0.3, -0.25) is 34.1 Å². The van der Waals surface area contributed by atoms with E-state index in [2.05, 4.69) is 27.6 Å². The normalized spacial score (nSPS) is 19.0. The van der Waals surface area contributed by atoms with Crippen molar-refractivity contribution in [2.24, 2.45) is 5.41 Å². The van der Waals surface area contributed by atoms with Gasteiger partial charge in [-0.15, -0.1) is 11.3 Å². The van der Waals surface area contributed by atoms with Crippen LogP contribution in [-0.4, -0.2) is 137 Å². The van der Waals surface area contributed by atoms with Crippen LogP contribution >= 0.6 is 51.8 Å². The first-order chi connectivity index (χ1) is 31.6. The van der Waals surface area contributed by atoms with E-state index in [9.17, 15) is 32.3 Å². The molecule has 0 spiro atoms. The Kier molecular flexibility index (Phi) is 19.9. The number of benzene rings is 1. The number of nitrogens with one attached hydrogen (secondary N) is 2. The van der Waals surface area contributed by atoms with E-state index < -0.39 is 59.6 Å². The minimum Gasteiger partial charge on any atom is -0.464 e. The van der Waals surface area contributed by atoms with Gasteiger partial charge < -0.3 is 29.0 Å². The fourth-order valence-corrected chi connectivity index (χ4v) is 9.12. The summed E-state index contributed by atoms with van der Waals surface area (Å²) in [5, 5.41) is 7.14. The van der Waals surface area contributed by atoms with Crippen LogP contribution in [-0.2, 0) is 52.8 Å². The third-order valence-electron chi connectivity index (χ3n) is 12.6. The van der Waals surface area contributed by atoms with Gasteiger partial charge in [-0.05, 0) is 89.9 Å². The van der Waals surface area contributed by atoms with E-state index in [0.717, 1.165) is 0 Å². The van der Waals surface area contributed by atoms with Gasteiger partial charge >= 0.3 is 12.1 Å². The maximum absolute atomic E-state index is 14.6. The van der Waals surface area contributed by atoms with Crippen molar-refractivity contribution in [3.8, 4) is 34.4 Å². The summed E-state index contributed by atoms with van der Waals surface area (Å²) in [4.78, 5) is 67.1. The van der Waals surface area contributed by atoms with Crippen LogP contribution in [0.3, 0.4) is 0 Å². The number of rotatable bonds is 10. The van der Waals surface area contributed by atoms with E-state index in [1.807, 2.05) is 58.1 Å². The lowest BCUT2D eigenvalue weighted by Gasteiger charge is -2.37. The molecular formula is C48H65F3N8O7S4. The van der Waals surface area contributed by atoms with Crippen LogP contribution < -0.4 is 10.7 Å². The van der Waals surface area contributed by atoms with Crippen molar-refractivity contribution < 1.29 is 46.6 Å². The van der Waals surface area contributed by atoms with Crippen LogP contribution in [0.25, 0.3) is 33.4 Å². The van der Waals surface area contributed by atoms with Gasteiger partial charge in [-0.25, -0.2) is 10.4 Å². The number of aromatic nitrogens is 3. The number of methoxy groups -OCH3 is 1. The number of halogens is 3. The molecule has 70 heavy (non-hydrogen) atoms. The average molecular weight is 1050 g/mol. The monoisotopic (exact) mass is 1050 g/mol. The molecule has 2 N–H and O–H groups in total. The summed E-state index contributed by atoms with van der Waals surface area (Å²) in [6.07, 6.45) is -2.76. The number of ether oxygens (including phenoxy) is 3. The molecule has 3 aliphatic rings. The number of esters is 1. The first kappa shape index (κ1) is 58.2. The SMILES string of the molecule is CO[C@@H](C)c1ncccc1-c1c2c3cc(ccc3n1CC(F)(F)F)-c1csc(n1)C[C@H](NC(=O)CCOC1CN(C(=O)C#CC(C)(C)N(C)C)C1)C(=O)N1CCC[C@H](N1)C(=O)OCC(C)(C)C2.S.S.S. The number of amides is 3. The van der Waals surface area contributed by atoms with Crippen molar-refractivity contribution in [2.45, 2.75) is 109 Å². The Morgan fingerprint density at radius 3 is 2.54 bits per heavy atom. The number of thiazole rings is 1. The second kappa shape index (κ2) is 23.9. The van der Waals surface area contributed by atoms with Gasteiger partial charge in [0.15, 0.2) is 0 Å². The number of cyclic esters (lactones) is 1. The fourth-order valence-electron chi connectivity index (χ4n) is 8.27. The van der Waals surface area contributed by atoms with Gasteiger partial charge in [0, 0.05) is 78.6 Å². The van der Waals surface area contributed by atoms with Gasteiger partial charge in [0.1, 0.15) is 18.6 Å². The number of hydrazine groups is 1. The maximum atomic E-state index is 14.6. The first-order valence-corrected chi connectivity index (χ1v) is 23.3. The number of hydrogen-bond acceptors (Lipinski definition) is 12. The molecule has 0 radical (unpaired) electrons. The Hall–Kier alpha value is -4.34. The van der Waals surface area contributed by atoms with Crippen molar-refractivity contribution in [3.05, 3.63) is 58.2 Å². The molecule has 3 aliphatic heterocycles. The summed E-state index contributed by atoms with van der Waals surface area (Å²) in [5.74, 6) is 3.93. The zero-order valence-electron chi connectivity index (χ0n) is 40.7. The van der Waals surface area contributed by atoms with Crippen LogP contribution in [0, 0.1) is 17.3 Å². The molecule has 3 aromatic heterocycles. The number of pyridine rings is 1. The van der Waals surface area contributed by atoms with Crippen molar-refractivity contribution in [2.75, 3.05) is 54.1 Å². The first-order valence-electron chi connectivity index (χ1n) is 22.4. The third kappa shape index (κ3) is 13.8. The summed E-state index contributed by atoms with van der Waals surface area (Å²) in [6.45, 7) is 9.10. The Labute approximate surface area is 432 Å². The maximum Gasteiger partial charge on any atom is 0.406 e. The van der Waals surface area contributed by atoms with E-state index in [-0.39, 0.29) is 91.5 Å². The fraction of sp³-hybridized carbons (Fsp3) is 0.542. The van der Waals surface area contributed by atoms with Gasteiger partial charge in [0.2, 0.25) is 5.91 Å². The summed E-state index contributed by atoms with van der Waals surface area (Å²) < 4.78 is 62.5. The van der Waals surface area contributed by atoms with Crippen LogP contribution in [0.2, 0.25) is 0 Å². The number of likely N-dealkylation sites (tertiary alicyclic amines) is 1. The quantitative estimate of drug-likeness (QED) is 0.141. The van der Waals surface area contributed by atoms with E-state index in [1.165, 1.54) is 28.0 Å². The molecule has 0 saturated carbocycles. The van der Waals surface area contributed by atoms with E-state index in [0.29, 0.717) is 75.6 Å². The molecule has 6 bridgehead atoms. The van der Waals surface area contributed by atoms with E-state index in [4.69, 9.17) is 19.2 Å². The Bertz CT molecular complexity index is 2570. The standard InChI is InChI=1S/C48H59F3N8O7S.3H2S/c1-29(64-8)42-32(11-9-18-52-42)43-34-23-46(2,3)28-66-45(63)35-12-10-19-59(55-35)44(62)36(53-39(60)16-20-65-31-24-57(25-31)41(61)15-17-47(4,5)56(6)7)22-40-54-37(26-67-40)30-13-14-38(33(34)21-30)58(43)27-48(49,50)51;;;/h9,11,13-14,18,21,26,29,31,35-36,55H,10,12,16,19-20,22-25,27-28H2,1-8H3,(H,53,60);3*1H2/t29-,35-,36-;;;/m0.../s1. The molecule has 2 saturated heterocycles. The molecule has 6 heterocycles. The molecule has 22 heteroatoms. The highest BCUT2D eigenvalue weighted by atomic mass is 32.1. The molecule has 7 rings (SSSR count). The number of fused-ring (bicyclic) bond motifs is 6. The summed E-state index contributed by atoms with van der Waals surface area (Å²) >= 11 is 1.29. The van der Waals surface area contributed by atoms with Crippen molar-refractivity contribution in [1.29, 1.82) is 0 Å². The van der Waals surface area contributed by atoms with Crippen molar-refractivity contribution in [3.63, 3.8) is 0 Å². The zero-order valence-corrected chi connectivity index (χ0v) is 44.5. The number of carbonyl (C=O) groups is 4. The minimum atomic E-state index is -4.58. The molecule has 0 aliphatic carbocycles. The molecule has 1 aromatic carbocycles. The highest BCUT2D eigenvalue weighted by Gasteiger charge is 2.38. The predicted octanol–water partition coefficient (Wildman–Crippen LogP) is 6.04. The third-order valence-corrected chi connectivity index (χ3v) is 13.5. The lowest BCUT2D eigenvalue weighted by Crippen LogP contribution is -2.60. The Balaban J connectivity index is 0.00000355. The lowest BCUT2D eigenvalue weighted by molar-refractivity contribution is -0.155. The highest BCUT2D eigenvalue weighted by Crippen LogP contribution is 2.43. The molecular weight excluding hydrogens is 986 g/mol. The van der Waals surface area contributed by atoms with E-state index >= 15 is 0 Å².